The van der Waals surface area contributed by atoms with Crippen molar-refractivity contribution in [3.05, 3.63) is 41.5 Å². The van der Waals surface area contributed by atoms with Crippen molar-refractivity contribution in [1.82, 2.24) is 4.90 Å². The van der Waals surface area contributed by atoms with Crippen LogP contribution in [0, 0.1) is 0 Å². The van der Waals surface area contributed by atoms with E-state index in [1.165, 1.54) is 6.08 Å². The molecule has 0 bridgehead atoms. The molecule has 0 fully saturated rings. The van der Waals surface area contributed by atoms with Crippen LogP contribution in [0.15, 0.2) is 30.3 Å². The number of aliphatic carboxylic acids is 1. The summed E-state index contributed by atoms with van der Waals surface area (Å²) in [6.07, 6.45) is 4.61. The Balaban J connectivity index is 2.70. The Morgan fingerprint density at radius 2 is 1.89 bits per heavy atom. The van der Waals surface area contributed by atoms with Crippen molar-refractivity contribution in [3.63, 3.8) is 0 Å². The van der Waals surface area contributed by atoms with Gasteiger partial charge in [0.05, 0.1) is 0 Å². The number of hydrogen-bond donors (Lipinski definition) is 1. The normalized spacial score (nSPS) is 10.6. The second kappa shape index (κ2) is 7.36. The van der Waals surface area contributed by atoms with Crippen molar-refractivity contribution in [2.75, 3.05) is 13.6 Å². The van der Waals surface area contributed by atoms with Crippen LogP contribution in [-0.4, -0.2) is 35.5 Å². The van der Waals surface area contributed by atoms with E-state index in [2.05, 4.69) is 6.92 Å². The van der Waals surface area contributed by atoms with E-state index in [4.69, 9.17) is 5.11 Å². The highest BCUT2D eigenvalue weighted by atomic mass is 16.4. The quantitative estimate of drug-likeness (QED) is 0.801. The van der Waals surface area contributed by atoms with Crippen LogP contribution in [0.4, 0.5) is 0 Å². The van der Waals surface area contributed by atoms with Gasteiger partial charge in [0.1, 0.15) is 0 Å². The molecule has 0 spiro atoms. The van der Waals surface area contributed by atoms with Crippen LogP contribution >= 0.6 is 0 Å². The summed E-state index contributed by atoms with van der Waals surface area (Å²) in [6.45, 7) is 2.83. The third-order valence-electron chi connectivity index (χ3n) is 2.77. The highest BCUT2D eigenvalue weighted by Crippen LogP contribution is 2.09. The monoisotopic (exact) mass is 261 g/mol. The van der Waals surface area contributed by atoms with Crippen LogP contribution < -0.4 is 0 Å². The van der Waals surface area contributed by atoms with Gasteiger partial charge in [-0.3, -0.25) is 4.79 Å². The van der Waals surface area contributed by atoms with Gasteiger partial charge in [-0.15, -0.1) is 0 Å². The van der Waals surface area contributed by atoms with Gasteiger partial charge in [0.25, 0.3) is 5.91 Å². The molecule has 1 N–H and O–H groups in total. The minimum absolute atomic E-state index is 0.0118. The summed E-state index contributed by atoms with van der Waals surface area (Å²) in [5.41, 5.74) is 1.38. The topological polar surface area (TPSA) is 57.6 Å². The van der Waals surface area contributed by atoms with Crippen molar-refractivity contribution in [3.8, 4) is 0 Å². The SMILES string of the molecule is CCCCN(C)C(=O)c1ccc(C=CC(=O)O)cc1. The molecule has 1 aromatic rings. The summed E-state index contributed by atoms with van der Waals surface area (Å²) in [6, 6.07) is 6.90. The van der Waals surface area contributed by atoms with Gasteiger partial charge in [0, 0.05) is 25.2 Å². The first kappa shape index (κ1) is 15.0. The van der Waals surface area contributed by atoms with Crippen molar-refractivity contribution in [1.29, 1.82) is 0 Å². The molecule has 0 aliphatic carbocycles. The lowest BCUT2D eigenvalue weighted by Crippen LogP contribution is -2.27. The molecule has 0 heterocycles. The largest absolute Gasteiger partial charge is 0.478 e. The van der Waals surface area contributed by atoms with Crippen LogP contribution in [-0.2, 0) is 4.79 Å². The van der Waals surface area contributed by atoms with Crippen molar-refractivity contribution < 1.29 is 14.7 Å². The standard InChI is InChI=1S/C15H19NO3/c1-3-4-11-16(2)15(19)13-8-5-12(6-9-13)7-10-14(17)18/h5-10H,3-4,11H2,1-2H3,(H,17,18). The molecule has 0 saturated heterocycles. The summed E-state index contributed by atoms with van der Waals surface area (Å²) >= 11 is 0. The van der Waals surface area contributed by atoms with Crippen LogP contribution in [0.5, 0.6) is 0 Å². The number of hydrogen-bond acceptors (Lipinski definition) is 2. The van der Waals surface area contributed by atoms with E-state index in [1.807, 2.05) is 0 Å². The Kier molecular flexibility index (Phi) is 5.79. The number of carbonyl (C=O) groups excluding carboxylic acids is 1. The number of nitrogens with zero attached hydrogens (tertiary/aromatic N) is 1. The lowest BCUT2D eigenvalue weighted by atomic mass is 10.1. The lowest BCUT2D eigenvalue weighted by Gasteiger charge is -2.16. The maximum Gasteiger partial charge on any atom is 0.328 e. The Bertz CT molecular complexity index is 463. The Hall–Kier alpha value is -2.10. The van der Waals surface area contributed by atoms with Crippen LogP contribution in [0.3, 0.4) is 0 Å². The molecule has 19 heavy (non-hydrogen) atoms. The maximum absolute atomic E-state index is 12.0. The number of carboxylic acid groups (broad SMARTS) is 1. The molecule has 1 rings (SSSR count). The number of unbranched alkanes of at least 4 members (excludes halogenated alkanes) is 1. The number of amides is 1. The molecule has 0 unspecified atom stereocenters. The molecule has 4 heteroatoms. The average Bonchev–Trinajstić information content (AvgIpc) is 2.42. The number of benzene rings is 1. The molecule has 0 saturated carbocycles. The zero-order chi connectivity index (χ0) is 14.3. The number of carboxylic acids is 1. The van der Waals surface area contributed by atoms with Gasteiger partial charge < -0.3 is 10.0 Å². The van der Waals surface area contributed by atoms with Crippen molar-refractivity contribution in [2.45, 2.75) is 19.8 Å². The first-order chi connectivity index (χ1) is 9.04. The third kappa shape index (κ3) is 4.95. The fourth-order valence-corrected chi connectivity index (χ4v) is 1.62. The minimum Gasteiger partial charge on any atom is -0.478 e. The molecule has 0 radical (unpaired) electrons. The molecule has 0 aliphatic heterocycles. The van der Waals surface area contributed by atoms with Crippen LogP contribution in [0.25, 0.3) is 6.08 Å². The fourth-order valence-electron chi connectivity index (χ4n) is 1.62. The zero-order valence-electron chi connectivity index (χ0n) is 11.3. The summed E-state index contributed by atoms with van der Waals surface area (Å²) < 4.78 is 0. The van der Waals surface area contributed by atoms with Gasteiger partial charge in [-0.2, -0.15) is 0 Å². The molecule has 0 aromatic heterocycles. The predicted octanol–water partition coefficient (Wildman–Crippen LogP) is 2.66. The van der Waals surface area contributed by atoms with E-state index in [0.717, 1.165) is 31.0 Å². The van der Waals surface area contributed by atoms with Crippen molar-refractivity contribution >= 4 is 18.0 Å². The van der Waals surface area contributed by atoms with Gasteiger partial charge in [-0.25, -0.2) is 4.79 Å². The first-order valence-corrected chi connectivity index (χ1v) is 6.31. The Labute approximate surface area is 113 Å². The first-order valence-electron chi connectivity index (χ1n) is 6.31. The Morgan fingerprint density at radius 1 is 1.26 bits per heavy atom. The highest BCUT2D eigenvalue weighted by molar-refractivity contribution is 5.94. The van der Waals surface area contributed by atoms with Gasteiger partial charge in [-0.1, -0.05) is 25.5 Å². The van der Waals surface area contributed by atoms with E-state index in [-0.39, 0.29) is 5.91 Å². The minimum atomic E-state index is -0.987. The molecule has 1 amide bonds. The zero-order valence-corrected chi connectivity index (χ0v) is 11.3. The summed E-state index contributed by atoms with van der Waals surface area (Å²) in [5, 5.41) is 8.53. The van der Waals surface area contributed by atoms with Gasteiger partial charge in [-0.05, 0) is 30.2 Å². The second-order valence-electron chi connectivity index (χ2n) is 4.37. The highest BCUT2D eigenvalue weighted by Gasteiger charge is 2.10. The predicted molar refractivity (Wildman–Crippen MR) is 75.0 cm³/mol. The van der Waals surface area contributed by atoms with E-state index in [0.29, 0.717) is 5.56 Å². The van der Waals surface area contributed by atoms with Gasteiger partial charge in [0.15, 0.2) is 0 Å². The lowest BCUT2D eigenvalue weighted by molar-refractivity contribution is -0.131. The average molecular weight is 261 g/mol. The van der Waals surface area contributed by atoms with E-state index < -0.39 is 5.97 Å². The molecular formula is C15H19NO3. The van der Waals surface area contributed by atoms with Gasteiger partial charge in [0.2, 0.25) is 0 Å². The van der Waals surface area contributed by atoms with E-state index in [9.17, 15) is 9.59 Å². The summed E-state index contributed by atoms with van der Waals surface area (Å²) in [4.78, 5) is 24.1. The fraction of sp³-hybridized carbons (Fsp3) is 0.333. The third-order valence-corrected chi connectivity index (χ3v) is 2.77. The van der Waals surface area contributed by atoms with Crippen LogP contribution in [0.2, 0.25) is 0 Å². The number of carbonyl (C=O) groups is 2. The van der Waals surface area contributed by atoms with Crippen molar-refractivity contribution in [2.24, 2.45) is 0 Å². The molecular weight excluding hydrogens is 242 g/mol. The molecule has 0 aliphatic rings. The van der Waals surface area contributed by atoms with Gasteiger partial charge >= 0.3 is 5.97 Å². The van der Waals surface area contributed by atoms with Crippen LogP contribution in [0.1, 0.15) is 35.7 Å². The number of rotatable bonds is 6. The summed E-state index contributed by atoms with van der Waals surface area (Å²) in [7, 11) is 1.79. The van der Waals surface area contributed by atoms with E-state index >= 15 is 0 Å². The molecule has 0 atom stereocenters. The van der Waals surface area contributed by atoms with E-state index in [1.54, 1.807) is 36.2 Å². The Morgan fingerprint density at radius 3 is 2.42 bits per heavy atom. The maximum atomic E-state index is 12.0. The molecule has 4 nitrogen and oxygen atoms in total. The smallest absolute Gasteiger partial charge is 0.328 e. The second-order valence-corrected chi connectivity index (χ2v) is 4.37. The molecule has 102 valence electrons. The summed E-state index contributed by atoms with van der Waals surface area (Å²) in [5.74, 6) is -0.998. The molecule has 1 aromatic carbocycles.